The Labute approximate surface area is 178 Å². The molecule has 2 aliphatic heterocycles. The normalized spacial score (nSPS) is 21.4. The summed E-state index contributed by atoms with van der Waals surface area (Å²) in [6, 6.07) is 7.02. The largest absolute Gasteiger partial charge is 0.493 e. The van der Waals surface area contributed by atoms with Crippen LogP contribution in [0, 0.1) is 6.92 Å². The van der Waals surface area contributed by atoms with Crippen molar-refractivity contribution in [3.8, 4) is 23.0 Å². The van der Waals surface area contributed by atoms with Gasteiger partial charge in [0.15, 0.2) is 11.5 Å². The topological polar surface area (TPSA) is 59.8 Å². The fraction of sp³-hybridized carbons (Fsp3) is 0.550. The fourth-order valence-corrected chi connectivity index (χ4v) is 4.18. The Morgan fingerprint density at radius 2 is 1.86 bits per heavy atom. The summed E-state index contributed by atoms with van der Waals surface area (Å²) in [6.45, 7) is 5.06. The molecule has 6 nitrogen and oxygen atoms in total. The average Bonchev–Trinajstić information content (AvgIpc) is 3.13. The van der Waals surface area contributed by atoms with Crippen molar-refractivity contribution >= 4 is 24.8 Å². The second-order valence-electron chi connectivity index (χ2n) is 7.14. The number of aromatic nitrogens is 1. The lowest BCUT2D eigenvalue weighted by molar-refractivity contribution is 0.190. The van der Waals surface area contributed by atoms with Crippen molar-refractivity contribution in [1.82, 2.24) is 15.2 Å². The molecule has 0 unspecified atom stereocenters. The molecule has 0 radical (unpaired) electrons. The molecular formula is C20H29Cl2N3O3. The number of nitrogens with zero attached hydrogens (tertiary/aromatic N) is 2. The molecule has 0 saturated carbocycles. The van der Waals surface area contributed by atoms with Gasteiger partial charge in [0, 0.05) is 30.7 Å². The summed E-state index contributed by atoms with van der Waals surface area (Å²) in [6.07, 6.45) is 3.79. The van der Waals surface area contributed by atoms with Gasteiger partial charge in [0.1, 0.15) is 5.76 Å². The first-order valence-corrected chi connectivity index (χ1v) is 9.34. The summed E-state index contributed by atoms with van der Waals surface area (Å²) in [5.41, 5.74) is 1.94. The van der Waals surface area contributed by atoms with Gasteiger partial charge in [-0.15, -0.1) is 24.8 Å². The first-order valence-electron chi connectivity index (χ1n) is 9.34. The van der Waals surface area contributed by atoms with Crippen LogP contribution < -0.4 is 14.8 Å². The number of oxazole rings is 1. The molecule has 156 valence electrons. The van der Waals surface area contributed by atoms with E-state index in [9.17, 15) is 0 Å². The molecule has 3 heterocycles. The van der Waals surface area contributed by atoms with Crippen LogP contribution in [0.15, 0.2) is 22.6 Å². The van der Waals surface area contributed by atoms with Crippen molar-refractivity contribution in [3.05, 3.63) is 29.7 Å². The Hall–Kier alpha value is -1.47. The molecule has 2 aliphatic rings. The highest BCUT2D eigenvalue weighted by Crippen LogP contribution is 2.34. The smallest absolute Gasteiger partial charge is 0.226 e. The van der Waals surface area contributed by atoms with Gasteiger partial charge in [0.2, 0.25) is 5.89 Å². The molecule has 4 rings (SSSR count). The maximum Gasteiger partial charge on any atom is 0.226 e. The van der Waals surface area contributed by atoms with Crippen LogP contribution in [0.2, 0.25) is 0 Å². The molecule has 28 heavy (non-hydrogen) atoms. The van der Waals surface area contributed by atoms with E-state index < -0.39 is 0 Å². The standard InChI is InChI=1S/C20H27N3O3.2ClH/c1-13-17(12-23-15-5-6-16(23)11-21-9-8-15)22-20(26-13)14-4-7-18(24-2)19(10-14)25-3;;/h4,7,10,15-16,21H,5-6,8-9,11-12H2,1-3H3;2*1H/t15-,16+;;/m1../s1. The van der Waals surface area contributed by atoms with E-state index in [-0.39, 0.29) is 24.8 Å². The lowest BCUT2D eigenvalue weighted by Crippen LogP contribution is -2.37. The monoisotopic (exact) mass is 429 g/mol. The van der Waals surface area contributed by atoms with Crippen LogP contribution in [0.3, 0.4) is 0 Å². The van der Waals surface area contributed by atoms with E-state index in [1.807, 2.05) is 25.1 Å². The number of nitrogens with one attached hydrogen (secondary N) is 1. The summed E-state index contributed by atoms with van der Waals surface area (Å²) >= 11 is 0. The molecule has 2 aromatic rings. The van der Waals surface area contributed by atoms with E-state index in [0.717, 1.165) is 36.7 Å². The molecule has 2 saturated heterocycles. The molecule has 0 spiro atoms. The van der Waals surface area contributed by atoms with Crippen LogP contribution in [0.1, 0.15) is 30.7 Å². The van der Waals surface area contributed by atoms with E-state index >= 15 is 0 Å². The first-order chi connectivity index (χ1) is 12.7. The SMILES string of the molecule is COc1ccc(-c2nc(CN3[C@H]4CCNC[C@@H]3CC4)c(C)o2)cc1OC.Cl.Cl. The van der Waals surface area contributed by atoms with Crippen molar-refractivity contribution in [2.75, 3.05) is 27.3 Å². The van der Waals surface area contributed by atoms with Gasteiger partial charge in [-0.05, 0) is 50.9 Å². The van der Waals surface area contributed by atoms with Gasteiger partial charge in [-0.2, -0.15) is 0 Å². The number of ether oxygens (including phenoxy) is 2. The molecule has 2 fully saturated rings. The molecule has 2 bridgehead atoms. The lowest BCUT2D eigenvalue weighted by Gasteiger charge is -2.26. The van der Waals surface area contributed by atoms with E-state index in [2.05, 4.69) is 10.2 Å². The van der Waals surface area contributed by atoms with Crippen LogP contribution in [0.25, 0.3) is 11.5 Å². The summed E-state index contributed by atoms with van der Waals surface area (Å²) in [5, 5.41) is 3.55. The van der Waals surface area contributed by atoms with Crippen molar-refractivity contribution in [3.63, 3.8) is 0 Å². The van der Waals surface area contributed by atoms with Gasteiger partial charge in [-0.1, -0.05) is 0 Å². The minimum absolute atomic E-state index is 0. The van der Waals surface area contributed by atoms with Crippen molar-refractivity contribution in [2.45, 2.75) is 44.8 Å². The molecule has 1 aromatic heterocycles. The molecule has 0 aliphatic carbocycles. The number of fused-ring (bicyclic) bond motifs is 2. The highest BCUT2D eigenvalue weighted by Gasteiger charge is 2.35. The minimum atomic E-state index is 0. The first kappa shape index (κ1) is 22.8. The number of methoxy groups -OCH3 is 2. The molecule has 8 heteroatoms. The predicted molar refractivity (Wildman–Crippen MR) is 114 cm³/mol. The Morgan fingerprint density at radius 3 is 2.61 bits per heavy atom. The highest BCUT2D eigenvalue weighted by molar-refractivity contribution is 5.85. The number of benzene rings is 1. The Kier molecular flexibility index (Phi) is 8.01. The van der Waals surface area contributed by atoms with Crippen LogP contribution in [0.4, 0.5) is 0 Å². The summed E-state index contributed by atoms with van der Waals surface area (Å²) in [7, 11) is 3.27. The summed E-state index contributed by atoms with van der Waals surface area (Å²) < 4.78 is 16.7. The minimum Gasteiger partial charge on any atom is -0.493 e. The van der Waals surface area contributed by atoms with E-state index in [1.165, 1.54) is 19.3 Å². The number of aryl methyl sites for hydroxylation is 1. The predicted octanol–water partition coefficient (Wildman–Crippen LogP) is 3.84. The maximum absolute atomic E-state index is 5.99. The molecule has 1 aromatic carbocycles. The van der Waals surface area contributed by atoms with Crippen molar-refractivity contribution in [2.24, 2.45) is 0 Å². The number of hydrogen-bond donors (Lipinski definition) is 1. The van der Waals surface area contributed by atoms with Gasteiger partial charge in [-0.3, -0.25) is 4.90 Å². The zero-order chi connectivity index (χ0) is 18.1. The zero-order valence-electron chi connectivity index (χ0n) is 16.6. The van der Waals surface area contributed by atoms with Crippen molar-refractivity contribution in [1.29, 1.82) is 0 Å². The number of rotatable bonds is 5. The average molecular weight is 430 g/mol. The van der Waals surface area contributed by atoms with Gasteiger partial charge in [-0.25, -0.2) is 4.98 Å². The Morgan fingerprint density at radius 1 is 1.11 bits per heavy atom. The van der Waals surface area contributed by atoms with E-state index in [1.54, 1.807) is 14.2 Å². The van der Waals surface area contributed by atoms with Gasteiger partial charge >= 0.3 is 0 Å². The quantitative estimate of drug-likeness (QED) is 0.778. The lowest BCUT2D eigenvalue weighted by atomic mass is 10.1. The third-order valence-electron chi connectivity index (χ3n) is 5.66. The van der Waals surface area contributed by atoms with Gasteiger partial charge in [0.25, 0.3) is 0 Å². The van der Waals surface area contributed by atoms with Crippen LogP contribution in [-0.2, 0) is 6.54 Å². The third kappa shape index (κ3) is 4.40. The van der Waals surface area contributed by atoms with Crippen molar-refractivity contribution < 1.29 is 13.9 Å². The highest BCUT2D eigenvalue weighted by atomic mass is 35.5. The summed E-state index contributed by atoms with van der Waals surface area (Å²) in [5.74, 6) is 2.91. The Bertz CT molecular complexity index is 770. The maximum atomic E-state index is 5.99. The van der Waals surface area contributed by atoms with Crippen LogP contribution in [-0.4, -0.2) is 49.3 Å². The second-order valence-corrected chi connectivity index (χ2v) is 7.14. The second kappa shape index (κ2) is 9.83. The molecule has 1 N–H and O–H groups in total. The fourth-order valence-electron chi connectivity index (χ4n) is 4.18. The van der Waals surface area contributed by atoms with Gasteiger partial charge in [0.05, 0.1) is 19.9 Å². The van der Waals surface area contributed by atoms with Crippen LogP contribution in [0.5, 0.6) is 11.5 Å². The van der Waals surface area contributed by atoms with Crippen LogP contribution >= 0.6 is 24.8 Å². The van der Waals surface area contributed by atoms with Gasteiger partial charge < -0.3 is 19.2 Å². The number of halogens is 2. The molecule has 2 atom stereocenters. The third-order valence-corrected chi connectivity index (χ3v) is 5.66. The molecule has 0 amide bonds. The summed E-state index contributed by atoms with van der Waals surface area (Å²) in [4.78, 5) is 7.42. The zero-order valence-corrected chi connectivity index (χ0v) is 18.2. The number of hydrogen-bond acceptors (Lipinski definition) is 6. The Balaban J connectivity index is 0.00000140. The van der Waals surface area contributed by atoms with E-state index in [4.69, 9.17) is 18.9 Å². The molecular weight excluding hydrogens is 401 g/mol. The van der Waals surface area contributed by atoms with E-state index in [0.29, 0.717) is 29.5 Å².